The summed E-state index contributed by atoms with van der Waals surface area (Å²) in [6.45, 7) is 0. The van der Waals surface area contributed by atoms with E-state index in [1.165, 1.54) is 43.7 Å². The molecule has 50 heavy (non-hydrogen) atoms. The molecule has 0 fully saturated rings. The average Bonchev–Trinajstić information content (AvgIpc) is 3.84. The fourth-order valence-electron chi connectivity index (χ4n) is 7.71. The number of hydrogen-bond donors (Lipinski definition) is 0. The lowest BCUT2D eigenvalue weighted by molar-refractivity contribution is 0.669. The van der Waals surface area contributed by atoms with Crippen molar-refractivity contribution in [3.8, 4) is 45.3 Å². The van der Waals surface area contributed by atoms with Gasteiger partial charge in [-0.25, -0.2) is 15.0 Å². The number of para-hydroxylation sites is 2. The predicted octanol–water partition coefficient (Wildman–Crippen LogP) is 11.6. The van der Waals surface area contributed by atoms with Crippen LogP contribution in [0.4, 0.5) is 0 Å². The molecule has 0 saturated carbocycles. The summed E-state index contributed by atoms with van der Waals surface area (Å²) in [6.07, 6.45) is 0. The highest BCUT2D eigenvalue weighted by Crippen LogP contribution is 2.46. The van der Waals surface area contributed by atoms with Gasteiger partial charge in [-0.15, -0.1) is 0 Å². The van der Waals surface area contributed by atoms with E-state index in [2.05, 4.69) is 126 Å². The second-order valence-corrected chi connectivity index (χ2v) is 12.8. The second kappa shape index (κ2) is 10.3. The molecule has 11 aromatic rings. The molecule has 0 bridgehead atoms. The Balaban J connectivity index is 1.15. The molecule has 0 radical (unpaired) electrons. The third-order valence-corrected chi connectivity index (χ3v) is 9.98. The second-order valence-electron chi connectivity index (χ2n) is 12.8. The number of hydrogen-bond acceptors (Lipinski definition) is 4. The Morgan fingerprint density at radius 1 is 0.360 bits per heavy atom. The normalized spacial score (nSPS) is 12.0. The molecule has 0 atom stereocenters. The van der Waals surface area contributed by atoms with E-state index in [4.69, 9.17) is 19.4 Å². The van der Waals surface area contributed by atoms with Gasteiger partial charge in [-0.3, -0.25) is 0 Å². The van der Waals surface area contributed by atoms with E-state index >= 15 is 0 Å². The zero-order valence-corrected chi connectivity index (χ0v) is 26.7. The fourth-order valence-corrected chi connectivity index (χ4v) is 7.71. The van der Waals surface area contributed by atoms with Crippen molar-refractivity contribution >= 4 is 60.0 Å². The standard InChI is InChI=1S/C45H26N4O/c1-3-11-27(12-4-1)28-19-21-30(22-20-28)44-46-43(29-13-5-2-6-14-29)47-45(48-44)31-23-24-38-35(25-31)40-39(50-38)26-34-32-15-7-9-17-36(32)49-37-18-10-8-16-33(37)41(40)42(34)49/h1-26H. The van der Waals surface area contributed by atoms with Gasteiger partial charge in [0.2, 0.25) is 0 Å². The topological polar surface area (TPSA) is 56.2 Å². The molecule has 0 spiro atoms. The molecule has 0 amide bonds. The van der Waals surface area contributed by atoms with Crippen molar-refractivity contribution in [2.75, 3.05) is 0 Å². The summed E-state index contributed by atoms with van der Waals surface area (Å²) < 4.78 is 9.03. The summed E-state index contributed by atoms with van der Waals surface area (Å²) >= 11 is 0. The largest absolute Gasteiger partial charge is 0.456 e. The highest BCUT2D eigenvalue weighted by Gasteiger charge is 2.23. The molecule has 5 nitrogen and oxygen atoms in total. The summed E-state index contributed by atoms with van der Waals surface area (Å²) in [6, 6.07) is 54.7. The predicted molar refractivity (Wildman–Crippen MR) is 204 cm³/mol. The molecule has 0 unspecified atom stereocenters. The number of furan rings is 1. The molecule has 232 valence electrons. The van der Waals surface area contributed by atoms with Gasteiger partial charge < -0.3 is 8.82 Å². The van der Waals surface area contributed by atoms with E-state index < -0.39 is 0 Å². The van der Waals surface area contributed by atoms with Crippen LogP contribution in [0.5, 0.6) is 0 Å². The van der Waals surface area contributed by atoms with Gasteiger partial charge in [0.05, 0.1) is 16.6 Å². The smallest absolute Gasteiger partial charge is 0.164 e. The summed E-state index contributed by atoms with van der Waals surface area (Å²) in [5.41, 5.74) is 10.4. The Bertz CT molecular complexity index is 3070. The van der Waals surface area contributed by atoms with Crippen molar-refractivity contribution < 1.29 is 4.42 Å². The first-order chi connectivity index (χ1) is 24.8. The number of aromatic nitrogens is 4. The molecule has 11 rings (SSSR count). The number of nitrogens with zero attached hydrogens (tertiary/aromatic N) is 4. The van der Waals surface area contributed by atoms with Gasteiger partial charge in [0.25, 0.3) is 0 Å². The summed E-state index contributed by atoms with van der Waals surface area (Å²) in [7, 11) is 0. The minimum absolute atomic E-state index is 0.615. The van der Waals surface area contributed by atoms with Crippen LogP contribution in [0.1, 0.15) is 0 Å². The lowest BCUT2D eigenvalue weighted by atomic mass is 10.0. The minimum Gasteiger partial charge on any atom is -0.456 e. The van der Waals surface area contributed by atoms with Gasteiger partial charge in [0, 0.05) is 49.0 Å². The summed E-state index contributed by atoms with van der Waals surface area (Å²) in [5.74, 6) is 1.88. The quantitative estimate of drug-likeness (QED) is 0.192. The number of rotatable bonds is 4. The SMILES string of the molecule is c1ccc(-c2ccc(-c3nc(-c4ccccc4)nc(-c4ccc5oc6cc7c8ccccc8n8c9ccccc9c(c6c5c4)c78)n3)cc2)cc1. The molecule has 0 aliphatic rings. The van der Waals surface area contributed by atoms with Crippen molar-refractivity contribution in [3.05, 3.63) is 158 Å². The van der Waals surface area contributed by atoms with Crippen LogP contribution in [-0.2, 0) is 0 Å². The van der Waals surface area contributed by atoms with E-state index in [-0.39, 0.29) is 0 Å². The summed E-state index contributed by atoms with van der Waals surface area (Å²) in [5, 5.41) is 7.00. The minimum atomic E-state index is 0.615. The molecule has 5 heteroatoms. The van der Waals surface area contributed by atoms with Crippen LogP contribution in [0.2, 0.25) is 0 Å². The Morgan fingerprint density at radius 3 is 1.60 bits per heavy atom. The van der Waals surface area contributed by atoms with Crippen molar-refractivity contribution in [3.63, 3.8) is 0 Å². The van der Waals surface area contributed by atoms with Crippen molar-refractivity contribution in [1.29, 1.82) is 0 Å². The lowest BCUT2D eigenvalue weighted by Gasteiger charge is -2.09. The molecule has 0 aliphatic carbocycles. The van der Waals surface area contributed by atoms with E-state index in [1.54, 1.807) is 0 Å². The van der Waals surface area contributed by atoms with Gasteiger partial charge in [0.1, 0.15) is 11.2 Å². The van der Waals surface area contributed by atoms with Crippen LogP contribution in [0.25, 0.3) is 105 Å². The van der Waals surface area contributed by atoms with Crippen molar-refractivity contribution in [2.24, 2.45) is 0 Å². The molecule has 0 N–H and O–H groups in total. The van der Waals surface area contributed by atoms with Crippen LogP contribution in [0, 0.1) is 0 Å². The lowest BCUT2D eigenvalue weighted by Crippen LogP contribution is -2.00. The molecular weight excluding hydrogens is 613 g/mol. The first-order valence-corrected chi connectivity index (χ1v) is 16.8. The first-order valence-electron chi connectivity index (χ1n) is 16.8. The Hall–Kier alpha value is -6.85. The van der Waals surface area contributed by atoms with Crippen molar-refractivity contribution in [2.45, 2.75) is 0 Å². The van der Waals surface area contributed by atoms with Crippen LogP contribution < -0.4 is 0 Å². The Kier molecular flexibility index (Phi) is 5.60. The molecule has 4 aromatic heterocycles. The van der Waals surface area contributed by atoms with E-state index in [1.807, 2.05) is 36.4 Å². The molecule has 0 saturated heterocycles. The van der Waals surface area contributed by atoms with E-state index in [9.17, 15) is 0 Å². The van der Waals surface area contributed by atoms with E-state index in [0.29, 0.717) is 17.5 Å². The Labute approximate surface area is 286 Å². The summed E-state index contributed by atoms with van der Waals surface area (Å²) in [4.78, 5) is 15.1. The maximum absolute atomic E-state index is 6.62. The zero-order chi connectivity index (χ0) is 32.8. The van der Waals surface area contributed by atoms with Gasteiger partial charge in [-0.05, 0) is 47.5 Å². The van der Waals surface area contributed by atoms with Gasteiger partial charge in [-0.1, -0.05) is 121 Å². The van der Waals surface area contributed by atoms with Crippen LogP contribution in [0.3, 0.4) is 0 Å². The Morgan fingerprint density at radius 2 is 0.880 bits per heavy atom. The van der Waals surface area contributed by atoms with Gasteiger partial charge >= 0.3 is 0 Å². The van der Waals surface area contributed by atoms with Crippen LogP contribution in [0.15, 0.2) is 162 Å². The van der Waals surface area contributed by atoms with Gasteiger partial charge in [-0.2, -0.15) is 0 Å². The molecule has 7 aromatic carbocycles. The molecule has 0 aliphatic heterocycles. The third kappa shape index (κ3) is 3.92. The number of benzene rings is 7. The third-order valence-electron chi connectivity index (χ3n) is 9.98. The van der Waals surface area contributed by atoms with Crippen LogP contribution >= 0.6 is 0 Å². The fraction of sp³-hybridized carbons (Fsp3) is 0. The highest BCUT2D eigenvalue weighted by atomic mass is 16.3. The monoisotopic (exact) mass is 638 g/mol. The van der Waals surface area contributed by atoms with Gasteiger partial charge in [0.15, 0.2) is 17.5 Å². The maximum atomic E-state index is 6.62. The maximum Gasteiger partial charge on any atom is 0.164 e. The first kappa shape index (κ1) is 27.1. The van der Waals surface area contributed by atoms with Crippen molar-refractivity contribution in [1.82, 2.24) is 19.4 Å². The average molecular weight is 639 g/mol. The molecule has 4 heterocycles. The van der Waals surface area contributed by atoms with Crippen LogP contribution in [-0.4, -0.2) is 19.4 Å². The zero-order valence-electron chi connectivity index (χ0n) is 26.7. The van der Waals surface area contributed by atoms with E-state index in [0.717, 1.165) is 44.2 Å². The number of fused-ring (bicyclic) bond motifs is 10. The highest BCUT2D eigenvalue weighted by molar-refractivity contribution is 6.34. The molecular formula is C45H26N4O.